The van der Waals surface area contributed by atoms with Crippen molar-refractivity contribution in [2.45, 2.75) is 12.8 Å². The molecule has 114 valence electrons. The molecule has 0 atom stereocenters. The molecule has 0 radical (unpaired) electrons. The van der Waals surface area contributed by atoms with Gasteiger partial charge in [0.1, 0.15) is 11.3 Å². The van der Waals surface area contributed by atoms with E-state index in [1.807, 2.05) is 12.1 Å². The van der Waals surface area contributed by atoms with E-state index in [0.29, 0.717) is 17.8 Å². The highest BCUT2D eigenvalue weighted by Gasteiger charge is 2.14. The van der Waals surface area contributed by atoms with Gasteiger partial charge in [-0.1, -0.05) is 18.2 Å². The molecular formula is C18H14N2O2S. The fourth-order valence-electron chi connectivity index (χ4n) is 2.93. The quantitative estimate of drug-likeness (QED) is 0.617. The summed E-state index contributed by atoms with van der Waals surface area (Å²) >= 11 is 1.73. The highest BCUT2D eigenvalue weighted by atomic mass is 32.1. The summed E-state index contributed by atoms with van der Waals surface area (Å²) in [6, 6.07) is 12.3. The van der Waals surface area contributed by atoms with Gasteiger partial charge < -0.3 is 5.11 Å². The zero-order valence-corrected chi connectivity index (χ0v) is 13.1. The maximum atomic E-state index is 11.6. The summed E-state index contributed by atoms with van der Waals surface area (Å²) in [5, 5.41) is 12.9. The third-order valence-corrected chi connectivity index (χ3v) is 4.95. The molecular weight excluding hydrogens is 308 g/mol. The molecule has 0 amide bonds. The number of benzene rings is 1. The summed E-state index contributed by atoms with van der Waals surface area (Å²) in [6.07, 6.45) is 4.81. The molecule has 0 aliphatic carbocycles. The standard InChI is InChI=1S/C18H14N2O2S/c21-18(22)17-13(4-6-16-19-8-9-20(16)17)3-1-12-2-5-15-14(11-12)7-10-23-15/h2,4-11H,1,3H2,(H,21,22). The number of thiophene rings is 1. The van der Waals surface area contributed by atoms with Gasteiger partial charge in [-0.2, -0.15) is 0 Å². The van der Waals surface area contributed by atoms with Crippen LogP contribution in [0.3, 0.4) is 0 Å². The minimum absolute atomic E-state index is 0.302. The molecule has 0 spiro atoms. The zero-order valence-electron chi connectivity index (χ0n) is 12.3. The molecule has 0 unspecified atom stereocenters. The number of hydrogen-bond donors (Lipinski definition) is 1. The van der Waals surface area contributed by atoms with Crippen molar-refractivity contribution in [3.05, 3.63) is 71.0 Å². The molecule has 5 heteroatoms. The third-order valence-electron chi connectivity index (χ3n) is 4.05. The number of nitrogens with zero attached hydrogens (tertiary/aromatic N) is 2. The van der Waals surface area contributed by atoms with Gasteiger partial charge in [0.25, 0.3) is 0 Å². The molecule has 23 heavy (non-hydrogen) atoms. The van der Waals surface area contributed by atoms with E-state index in [2.05, 4.69) is 34.6 Å². The van der Waals surface area contributed by atoms with E-state index < -0.39 is 5.97 Å². The smallest absolute Gasteiger partial charge is 0.353 e. The summed E-state index contributed by atoms with van der Waals surface area (Å²) in [6.45, 7) is 0. The Balaban J connectivity index is 1.66. The van der Waals surface area contributed by atoms with Gasteiger partial charge in [-0.05, 0) is 52.9 Å². The van der Waals surface area contributed by atoms with Gasteiger partial charge in [0.15, 0.2) is 0 Å². The van der Waals surface area contributed by atoms with Crippen LogP contribution in [0.15, 0.2) is 54.2 Å². The van der Waals surface area contributed by atoms with Crippen LogP contribution in [-0.4, -0.2) is 20.5 Å². The lowest BCUT2D eigenvalue weighted by atomic mass is 10.0. The zero-order chi connectivity index (χ0) is 15.8. The average molecular weight is 322 g/mol. The summed E-state index contributed by atoms with van der Waals surface area (Å²) in [7, 11) is 0. The number of aromatic nitrogens is 2. The van der Waals surface area contributed by atoms with Crippen LogP contribution in [0.2, 0.25) is 0 Å². The van der Waals surface area contributed by atoms with Gasteiger partial charge >= 0.3 is 5.97 Å². The molecule has 4 rings (SSSR count). The monoisotopic (exact) mass is 322 g/mol. The minimum Gasteiger partial charge on any atom is -0.477 e. The number of aromatic carboxylic acids is 1. The van der Waals surface area contributed by atoms with Crippen LogP contribution in [0, 0.1) is 0 Å². The number of imidazole rings is 1. The molecule has 0 saturated carbocycles. The Bertz CT molecular complexity index is 1020. The fraction of sp³-hybridized carbons (Fsp3) is 0.111. The fourth-order valence-corrected chi connectivity index (χ4v) is 3.70. The van der Waals surface area contributed by atoms with Gasteiger partial charge in [0.05, 0.1) is 0 Å². The Morgan fingerprint density at radius 2 is 2.09 bits per heavy atom. The van der Waals surface area contributed by atoms with E-state index >= 15 is 0 Å². The lowest BCUT2D eigenvalue weighted by Crippen LogP contribution is -2.10. The van der Waals surface area contributed by atoms with Gasteiger partial charge in [0, 0.05) is 17.1 Å². The van der Waals surface area contributed by atoms with E-state index in [4.69, 9.17) is 0 Å². The first kappa shape index (κ1) is 14.0. The number of carboxylic acids is 1. The van der Waals surface area contributed by atoms with E-state index in [9.17, 15) is 9.90 Å². The highest BCUT2D eigenvalue weighted by Crippen LogP contribution is 2.23. The molecule has 1 N–H and O–H groups in total. The number of rotatable bonds is 4. The first-order valence-electron chi connectivity index (χ1n) is 7.37. The Kier molecular flexibility index (Phi) is 3.35. The number of hydrogen-bond acceptors (Lipinski definition) is 3. The van der Waals surface area contributed by atoms with E-state index in [1.54, 1.807) is 28.1 Å². The van der Waals surface area contributed by atoms with Crippen molar-refractivity contribution in [2.24, 2.45) is 0 Å². The Labute approximate surface area is 136 Å². The van der Waals surface area contributed by atoms with Crippen molar-refractivity contribution in [3.63, 3.8) is 0 Å². The molecule has 0 fully saturated rings. The lowest BCUT2D eigenvalue weighted by molar-refractivity contribution is 0.0687. The normalized spacial score (nSPS) is 11.3. The molecule has 4 aromatic rings. The Hall–Kier alpha value is -2.66. The predicted molar refractivity (Wildman–Crippen MR) is 91.4 cm³/mol. The second-order valence-electron chi connectivity index (χ2n) is 5.46. The van der Waals surface area contributed by atoms with Crippen LogP contribution >= 0.6 is 11.3 Å². The molecule has 4 nitrogen and oxygen atoms in total. The van der Waals surface area contributed by atoms with Crippen LogP contribution in [0.25, 0.3) is 15.7 Å². The molecule has 0 saturated heterocycles. The SMILES string of the molecule is O=C(O)c1c(CCc2ccc3sccc3c2)ccc2nccn12. The number of pyridine rings is 1. The number of aryl methyl sites for hydroxylation is 2. The Morgan fingerprint density at radius 1 is 1.17 bits per heavy atom. The number of carboxylic acid groups (broad SMARTS) is 1. The van der Waals surface area contributed by atoms with E-state index in [1.165, 1.54) is 15.6 Å². The molecule has 1 aromatic carbocycles. The van der Waals surface area contributed by atoms with Crippen LogP contribution in [0.5, 0.6) is 0 Å². The van der Waals surface area contributed by atoms with Crippen molar-refractivity contribution < 1.29 is 9.90 Å². The van der Waals surface area contributed by atoms with Crippen molar-refractivity contribution in [2.75, 3.05) is 0 Å². The van der Waals surface area contributed by atoms with Gasteiger partial charge in [-0.25, -0.2) is 9.78 Å². The number of fused-ring (bicyclic) bond motifs is 2. The summed E-state index contributed by atoms with van der Waals surface area (Å²) in [5.41, 5.74) is 3.01. The van der Waals surface area contributed by atoms with E-state index in [0.717, 1.165) is 12.0 Å². The minimum atomic E-state index is -0.920. The van der Waals surface area contributed by atoms with Crippen LogP contribution in [0.4, 0.5) is 0 Å². The van der Waals surface area contributed by atoms with E-state index in [-0.39, 0.29) is 0 Å². The maximum absolute atomic E-state index is 11.6. The third kappa shape index (κ3) is 2.49. The molecule has 0 aliphatic heterocycles. The lowest BCUT2D eigenvalue weighted by Gasteiger charge is -2.09. The van der Waals surface area contributed by atoms with Crippen LogP contribution < -0.4 is 0 Å². The molecule has 0 aliphatic rings. The average Bonchev–Trinajstić information content (AvgIpc) is 3.19. The second-order valence-corrected chi connectivity index (χ2v) is 6.41. The topological polar surface area (TPSA) is 54.6 Å². The van der Waals surface area contributed by atoms with Gasteiger partial charge in [0.2, 0.25) is 0 Å². The Morgan fingerprint density at radius 3 is 2.96 bits per heavy atom. The molecule has 3 aromatic heterocycles. The largest absolute Gasteiger partial charge is 0.477 e. The van der Waals surface area contributed by atoms with Crippen molar-refractivity contribution >= 4 is 33.0 Å². The van der Waals surface area contributed by atoms with Crippen LogP contribution in [-0.2, 0) is 12.8 Å². The maximum Gasteiger partial charge on any atom is 0.353 e. The van der Waals surface area contributed by atoms with Crippen molar-refractivity contribution in [3.8, 4) is 0 Å². The summed E-state index contributed by atoms with van der Waals surface area (Å²) < 4.78 is 2.92. The first-order chi connectivity index (χ1) is 11.2. The van der Waals surface area contributed by atoms with Crippen molar-refractivity contribution in [1.29, 1.82) is 0 Å². The number of carbonyl (C=O) groups is 1. The van der Waals surface area contributed by atoms with Crippen LogP contribution in [0.1, 0.15) is 21.6 Å². The van der Waals surface area contributed by atoms with Gasteiger partial charge in [-0.15, -0.1) is 11.3 Å². The summed E-state index contributed by atoms with van der Waals surface area (Å²) in [5.74, 6) is -0.920. The van der Waals surface area contributed by atoms with Gasteiger partial charge in [-0.3, -0.25) is 4.40 Å². The summed E-state index contributed by atoms with van der Waals surface area (Å²) in [4.78, 5) is 15.8. The first-order valence-corrected chi connectivity index (χ1v) is 8.25. The molecule has 3 heterocycles. The predicted octanol–water partition coefficient (Wildman–Crippen LogP) is 4.03. The highest BCUT2D eigenvalue weighted by molar-refractivity contribution is 7.17. The second kappa shape index (κ2) is 5.52. The van der Waals surface area contributed by atoms with Crippen molar-refractivity contribution in [1.82, 2.24) is 9.38 Å². The molecule has 0 bridgehead atoms.